The highest BCUT2D eigenvalue weighted by molar-refractivity contribution is 7.99. The second-order valence-electron chi connectivity index (χ2n) is 3.11. The van der Waals surface area contributed by atoms with E-state index in [1.807, 2.05) is 6.07 Å². The lowest BCUT2D eigenvalue weighted by atomic mass is 10.2. The SMILES string of the molecule is Cn1cnnc1Sc1cc(F)cc(C#N)c1. The molecule has 4 nitrogen and oxygen atoms in total. The van der Waals surface area contributed by atoms with Gasteiger partial charge in [0.2, 0.25) is 0 Å². The van der Waals surface area contributed by atoms with Crippen molar-refractivity contribution in [1.29, 1.82) is 5.26 Å². The van der Waals surface area contributed by atoms with Crippen LogP contribution in [0.3, 0.4) is 0 Å². The van der Waals surface area contributed by atoms with Gasteiger partial charge in [0.25, 0.3) is 0 Å². The first kappa shape index (κ1) is 10.6. The Hall–Kier alpha value is -1.87. The fourth-order valence-electron chi connectivity index (χ4n) is 1.16. The van der Waals surface area contributed by atoms with Gasteiger partial charge in [-0.15, -0.1) is 10.2 Å². The van der Waals surface area contributed by atoms with Crippen molar-refractivity contribution in [3.05, 3.63) is 35.9 Å². The second-order valence-corrected chi connectivity index (χ2v) is 4.15. The maximum Gasteiger partial charge on any atom is 0.195 e. The Labute approximate surface area is 95.7 Å². The normalized spacial score (nSPS) is 10.1. The van der Waals surface area contributed by atoms with Gasteiger partial charge in [0, 0.05) is 11.9 Å². The summed E-state index contributed by atoms with van der Waals surface area (Å²) >= 11 is 1.26. The van der Waals surface area contributed by atoms with Crippen LogP contribution >= 0.6 is 11.8 Å². The van der Waals surface area contributed by atoms with Crippen LogP contribution in [0.2, 0.25) is 0 Å². The third kappa shape index (κ3) is 2.20. The Morgan fingerprint density at radius 1 is 1.44 bits per heavy atom. The summed E-state index contributed by atoms with van der Waals surface area (Å²) in [7, 11) is 1.80. The van der Waals surface area contributed by atoms with Crippen LogP contribution < -0.4 is 0 Å². The maximum atomic E-state index is 13.1. The van der Waals surface area contributed by atoms with Crippen LogP contribution in [0.5, 0.6) is 0 Å². The van der Waals surface area contributed by atoms with E-state index in [2.05, 4.69) is 10.2 Å². The molecule has 1 aromatic carbocycles. The summed E-state index contributed by atoms with van der Waals surface area (Å²) in [6.07, 6.45) is 1.56. The minimum atomic E-state index is -0.427. The third-order valence-corrected chi connectivity index (χ3v) is 2.90. The molecule has 6 heteroatoms. The molecule has 0 aliphatic rings. The molecule has 1 aromatic heterocycles. The predicted octanol–water partition coefficient (Wildman–Crippen LogP) is 1.98. The number of hydrogen-bond acceptors (Lipinski definition) is 4. The summed E-state index contributed by atoms with van der Waals surface area (Å²) in [4.78, 5) is 0.632. The maximum absolute atomic E-state index is 13.1. The summed E-state index contributed by atoms with van der Waals surface area (Å²) in [5, 5.41) is 16.9. The van der Waals surface area contributed by atoms with Crippen molar-refractivity contribution in [3.63, 3.8) is 0 Å². The second kappa shape index (κ2) is 4.33. The van der Waals surface area contributed by atoms with Crippen LogP contribution in [-0.2, 0) is 7.05 Å². The molecule has 0 bridgehead atoms. The van der Waals surface area contributed by atoms with Crippen LogP contribution in [0.15, 0.2) is 34.6 Å². The fourth-order valence-corrected chi connectivity index (χ4v) is 2.00. The summed E-state index contributed by atoms with van der Waals surface area (Å²) in [6.45, 7) is 0. The minimum absolute atomic E-state index is 0.296. The molecule has 0 fully saturated rings. The lowest BCUT2D eigenvalue weighted by Crippen LogP contribution is -1.89. The molecule has 1 heterocycles. The van der Waals surface area contributed by atoms with Crippen molar-refractivity contribution >= 4 is 11.8 Å². The topological polar surface area (TPSA) is 54.5 Å². The molecule has 0 aliphatic heterocycles. The van der Waals surface area contributed by atoms with E-state index in [1.165, 1.54) is 23.9 Å². The van der Waals surface area contributed by atoms with Gasteiger partial charge in [-0.3, -0.25) is 0 Å². The van der Waals surface area contributed by atoms with E-state index in [0.29, 0.717) is 15.6 Å². The van der Waals surface area contributed by atoms with Crippen molar-refractivity contribution in [2.24, 2.45) is 7.05 Å². The molecule has 80 valence electrons. The van der Waals surface area contributed by atoms with E-state index < -0.39 is 5.82 Å². The first-order chi connectivity index (χ1) is 7.69. The molecule has 0 N–H and O–H groups in total. The number of rotatable bonds is 2. The highest BCUT2D eigenvalue weighted by Gasteiger charge is 2.06. The smallest absolute Gasteiger partial charge is 0.195 e. The molecule has 0 amide bonds. The molecule has 0 atom stereocenters. The van der Waals surface area contributed by atoms with E-state index in [1.54, 1.807) is 24.0 Å². The number of nitrogens with zero attached hydrogens (tertiary/aromatic N) is 4. The Morgan fingerprint density at radius 2 is 2.25 bits per heavy atom. The lowest BCUT2D eigenvalue weighted by Gasteiger charge is -2.01. The Morgan fingerprint density at radius 3 is 2.88 bits per heavy atom. The first-order valence-corrected chi connectivity index (χ1v) is 5.23. The van der Waals surface area contributed by atoms with Gasteiger partial charge in [-0.25, -0.2) is 4.39 Å². The first-order valence-electron chi connectivity index (χ1n) is 4.41. The van der Waals surface area contributed by atoms with E-state index in [4.69, 9.17) is 5.26 Å². The fraction of sp³-hybridized carbons (Fsp3) is 0.100. The highest BCUT2D eigenvalue weighted by atomic mass is 32.2. The molecular formula is C10H7FN4S. The summed E-state index contributed by atoms with van der Waals surface area (Å²) in [5.74, 6) is -0.427. The average molecular weight is 234 g/mol. The molecule has 0 unspecified atom stereocenters. The number of aryl methyl sites for hydroxylation is 1. The third-order valence-electron chi connectivity index (χ3n) is 1.88. The predicted molar refractivity (Wildman–Crippen MR) is 56.2 cm³/mol. The van der Waals surface area contributed by atoms with Crippen LogP contribution in [0, 0.1) is 17.1 Å². The molecule has 2 rings (SSSR count). The molecule has 0 saturated heterocycles. The van der Waals surface area contributed by atoms with Gasteiger partial charge in [-0.2, -0.15) is 5.26 Å². The monoisotopic (exact) mass is 234 g/mol. The summed E-state index contributed by atoms with van der Waals surface area (Å²) < 4.78 is 14.9. The summed E-state index contributed by atoms with van der Waals surface area (Å²) in [5.41, 5.74) is 0.296. The summed E-state index contributed by atoms with van der Waals surface area (Å²) in [6, 6.07) is 6.08. The van der Waals surface area contributed by atoms with Gasteiger partial charge < -0.3 is 4.57 Å². The molecule has 2 aromatic rings. The zero-order valence-electron chi connectivity index (χ0n) is 8.38. The van der Waals surface area contributed by atoms with Crippen molar-refractivity contribution in [2.75, 3.05) is 0 Å². The van der Waals surface area contributed by atoms with Crippen LogP contribution in [0.25, 0.3) is 0 Å². The van der Waals surface area contributed by atoms with Gasteiger partial charge in [-0.05, 0) is 30.0 Å². The van der Waals surface area contributed by atoms with Crippen molar-refractivity contribution < 1.29 is 4.39 Å². The molecule has 0 saturated carbocycles. The number of hydrogen-bond donors (Lipinski definition) is 0. The minimum Gasteiger partial charge on any atom is -0.311 e. The number of halogens is 1. The van der Waals surface area contributed by atoms with Crippen LogP contribution in [0.1, 0.15) is 5.56 Å². The molecule has 0 spiro atoms. The Kier molecular flexibility index (Phi) is 2.88. The zero-order valence-corrected chi connectivity index (χ0v) is 9.20. The van der Waals surface area contributed by atoms with Gasteiger partial charge in [0.1, 0.15) is 12.1 Å². The Balaban J connectivity index is 2.32. The van der Waals surface area contributed by atoms with Crippen LogP contribution in [-0.4, -0.2) is 14.8 Å². The van der Waals surface area contributed by atoms with Gasteiger partial charge in [-0.1, -0.05) is 0 Å². The van der Waals surface area contributed by atoms with Crippen molar-refractivity contribution in [1.82, 2.24) is 14.8 Å². The van der Waals surface area contributed by atoms with E-state index in [0.717, 1.165) is 0 Å². The largest absolute Gasteiger partial charge is 0.311 e. The molecule has 16 heavy (non-hydrogen) atoms. The van der Waals surface area contributed by atoms with Crippen LogP contribution in [0.4, 0.5) is 4.39 Å². The van der Waals surface area contributed by atoms with Gasteiger partial charge >= 0.3 is 0 Å². The molecule has 0 aliphatic carbocycles. The number of benzene rings is 1. The number of aromatic nitrogens is 3. The quantitative estimate of drug-likeness (QED) is 0.797. The highest BCUT2D eigenvalue weighted by Crippen LogP contribution is 2.26. The van der Waals surface area contributed by atoms with E-state index >= 15 is 0 Å². The standard InChI is InChI=1S/C10H7FN4S/c1-15-6-13-14-10(15)16-9-3-7(5-12)2-8(11)4-9/h2-4,6H,1H3. The van der Waals surface area contributed by atoms with E-state index in [9.17, 15) is 4.39 Å². The van der Waals surface area contributed by atoms with Crippen molar-refractivity contribution in [3.8, 4) is 6.07 Å². The number of nitriles is 1. The van der Waals surface area contributed by atoms with E-state index in [-0.39, 0.29) is 0 Å². The average Bonchev–Trinajstić information content (AvgIpc) is 2.63. The van der Waals surface area contributed by atoms with Gasteiger partial charge in [0.05, 0.1) is 11.6 Å². The zero-order chi connectivity index (χ0) is 11.5. The van der Waals surface area contributed by atoms with Gasteiger partial charge in [0.15, 0.2) is 5.16 Å². The van der Waals surface area contributed by atoms with Crippen molar-refractivity contribution in [2.45, 2.75) is 10.1 Å². The Bertz CT molecular complexity index is 558. The molecular weight excluding hydrogens is 227 g/mol. The lowest BCUT2D eigenvalue weighted by molar-refractivity contribution is 0.623. The molecule has 0 radical (unpaired) electrons.